The second kappa shape index (κ2) is 12.3. The van der Waals surface area contributed by atoms with Crippen molar-refractivity contribution in [3.05, 3.63) is 30.1 Å². The number of benzene rings is 1. The maximum Gasteiger partial charge on any atom is 0.191 e. The lowest BCUT2D eigenvalue weighted by Crippen LogP contribution is -2.45. The zero-order valence-corrected chi connectivity index (χ0v) is 17.9. The average Bonchev–Trinajstić information content (AvgIpc) is 2.59. The van der Waals surface area contributed by atoms with Gasteiger partial charge in [0.05, 0.1) is 6.54 Å². The van der Waals surface area contributed by atoms with Gasteiger partial charge in [0.1, 0.15) is 24.3 Å². The lowest BCUT2D eigenvalue weighted by molar-refractivity contribution is 0.114. The van der Waals surface area contributed by atoms with Gasteiger partial charge in [0.15, 0.2) is 5.96 Å². The Bertz CT molecular complexity index is 542. The summed E-state index contributed by atoms with van der Waals surface area (Å²) < 4.78 is 18.3. The number of nitrogens with one attached hydrogen (secondary N) is 2. The number of aliphatic hydroxyl groups excluding tert-OH is 1. The van der Waals surface area contributed by atoms with Crippen molar-refractivity contribution < 1.29 is 14.2 Å². The maximum atomic E-state index is 12.8. The van der Waals surface area contributed by atoms with Gasteiger partial charge in [-0.25, -0.2) is 4.39 Å². The predicted octanol–water partition coefficient (Wildman–Crippen LogP) is 3.32. The first-order chi connectivity index (χ1) is 12.1. The minimum Gasteiger partial charge on any atom is -0.491 e. The molecule has 1 saturated carbocycles. The molecule has 3 N–H and O–H groups in total. The van der Waals surface area contributed by atoms with E-state index in [4.69, 9.17) is 4.74 Å². The van der Waals surface area contributed by atoms with Crippen molar-refractivity contribution in [2.24, 2.45) is 10.9 Å². The summed E-state index contributed by atoms with van der Waals surface area (Å²) >= 11 is 0. The van der Waals surface area contributed by atoms with Crippen LogP contribution in [0.15, 0.2) is 29.3 Å². The number of hydrogen-bond acceptors (Lipinski definition) is 3. The molecule has 0 saturated heterocycles. The molecule has 3 atom stereocenters. The van der Waals surface area contributed by atoms with E-state index in [0.717, 1.165) is 31.3 Å². The molecule has 1 aromatic rings. The number of hydrogen-bond donors (Lipinski definition) is 3. The van der Waals surface area contributed by atoms with Crippen molar-refractivity contribution in [2.45, 2.75) is 51.7 Å². The monoisotopic (exact) mass is 479 g/mol. The molecule has 7 heteroatoms. The minimum absolute atomic E-state index is 0. The predicted molar refractivity (Wildman–Crippen MR) is 114 cm³/mol. The first-order valence-corrected chi connectivity index (χ1v) is 9.18. The van der Waals surface area contributed by atoms with Gasteiger partial charge < -0.3 is 20.5 Å². The van der Waals surface area contributed by atoms with E-state index in [1.165, 1.54) is 25.0 Å². The normalized spacial score (nSPS) is 21.5. The molecule has 0 amide bonds. The summed E-state index contributed by atoms with van der Waals surface area (Å²) in [5.41, 5.74) is 0. The van der Waals surface area contributed by atoms with Crippen LogP contribution >= 0.6 is 24.0 Å². The largest absolute Gasteiger partial charge is 0.491 e. The molecule has 5 nitrogen and oxygen atoms in total. The molecule has 0 bridgehead atoms. The highest BCUT2D eigenvalue weighted by Crippen LogP contribution is 2.23. The van der Waals surface area contributed by atoms with E-state index in [9.17, 15) is 9.50 Å². The molecule has 26 heavy (non-hydrogen) atoms. The van der Waals surface area contributed by atoms with Crippen molar-refractivity contribution in [1.82, 2.24) is 10.6 Å². The number of rotatable bonds is 7. The van der Waals surface area contributed by atoms with Gasteiger partial charge in [0.2, 0.25) is 0 Å². The number of aliphatic imine (C=N–C) groups is 1. The molecule has 0 aromatic heterocycles. The van der Waals surface area contributed by atoms with Crippen LogP contribution in [-0.4, -0.2) is 42.9 Å². The minimum atomic E-state index is -0.717. The molecule has 1 aromatic carbocycles. The van der Waals surface area contributed by atoms with E-state index < -0.39 is 6.10 Å². The number of aliphatic hydroxyl groups is 1. The highest BCUT2D eigenvalue weighted by Gasteiger charge is 2.19. The standard InChI is InChI=1S/C19H30FN3O2.HI/c1-3-21-19(23-16-6-4-5-14(2)11-16)22-12-17(24)13-25-18-9-7-15(20)8-10-18;/h7-10,14,16-17,24H,3-6,11-13H2,1-2H3,(H2,21,22,23);1H. The lowest BCUT2D eigenvalue weighted by Gasteiger charge is -2.29. The van der Waals surface area contributed by atoms with E-state index in [-0.39, 0.29) is 42.9 Å². The van der Waals surface area contributed by atoms with Gasteiger partial charge in [0, 0.05) is 12.6 Å². The number of halogens is 2. The van der Waals surface area contributed by atoms with E-state index in [2.05, 4.69) is 22.5 Å². The van der Waals surface area contributed by atoms with Crippen LogP contribution in [0.3, 0.4) is 0 Å². The molecular weight excluding hydrogens is 448 g/mol. The summed E-state index contributed by atoms with van der Waals surface area (Å²) in [6.07, 6.45) is 4.13. The van der Waals surface area contributed by atoms with Crippen LogP contribution in [0.25, 0.3) is 0 Å². The first kappa shape index (κ1) is 23.0. The van der Waals surface area contributed by atoms with Crippen LogP contribution in [0.2, 0.25) is 0 Å². The van der Waals surface area contributed by atoms with Gasteiger partial charge in [-0.3, -0.25) is 4.99 Å². The van der Waals surface area contributed by atoms with Crippen molar-refractivity contribution in [3.63, 3.8) is 0 Å². The SMILES string of the molecule is CCNC(=NCC(O)COc1ccc(F)cc1)NC1CCCC(C)C1.I. The van der Waals surface area contributed by atoms with Crippen molar-refractivity contribution in [3.8, 4) is 5.75 Å². The van der Waals surface area contributed by atoms with Gasteiger partial charge in [-0.15, -0.1) is 24.0 Å². The van der Waals surface area contributed by atoms with Gasteiger partial charge in [0.25, 0.3) is 0 Å². The second-order valence-electron chi connectivity index (χ2n) is 6.75. The Morgan fingerprint density at radius 2 is 2.08 bits per heavy atom. The lowest BCUT2D eigenvalue weighted by atomic mass is 9.87. The summed E-state index contributed by atoms with van der Waals surface area (Å²) in [7, 11) is 0. The summed E-state index contributed by atoms with van der Waals surface area (Å²) in [6.45, 7) is 5.45. The average molecular weight is 479 g/mol. The highest BCUT2D eigenvalue weighted by atomic mass is 127. The molecule has 3 unspecified atom stereocenters. The topological polar surface area (TPSA) is 65.9 Å². The molecule has 1 fully saturated rings. The number of guanidine groups is 1. The second-order valence-corrected chi connectivity index (χ2v) is 6.75. The Balaban J connectivity index is 0.00000338. The Morgan fingerprint density at radius 1 is 1.35 bits per heavy atom. The third kappa shape index (κ3) is 8.53. The van der Waals surface area contributed by atoms with Crippen LogP contribution in [0.5, 0.6) is 5.75 Å². The highest BCUT2D eigenvalue weighted by molar-refractivity contribution is 14.0. The maximum absolute atomic E-state index is 12.8. The van der Waals surface area contributed by atoms with E-state index in [1.54, 1.807) is 12.1 Å². The summed E-state index contributed by atoms with van der Waals surface area (Å²) in [4.78, 5) is 4.46. The summed E-state index contributed by atoms with van der Waals surface area (Å²) in [5.74, 6) is 1.70. The number of ether oxygens (including phenoxy) is 1. The van der Waals surface area contributed by atoms with Gasteiger partial charge in [-0.2, -0.15) is 0 Å². The molecule has 1 aliphatic rings. The third-order valence-electron chi connectivity index (χ3n) is 4.34. The molecule has 0 radical (unpaired) electrons. The fourth-order valence-electron chi connectivity index (χ4n) is 3.05. The van der Waals surface area contributed by atoms with Gasteiger partial charge in [-0.05, 0) is 49.9 Å². The van der Waals surface area contributed by atoms with Crippen molar-refractivity contribution in [2.75, 3.05) is 19.7 Å². The molecule has 1 aliphatic carbocycles. The van der Waals surface area contributed by atoms with E-state index in [0.29, 0.717) is 11.8 Å². The smallest absolute Gasteiger partial charge is 0.191 e. The molecule has 0 spiro atoms. The zero-order valence-electron chi connectivity index (χ0n) is 15.6. The van der Waals surface area contributed by atoms with E-state index in [1.807, 2.05) is 6.92 Å². The molecular formula is C19H31FIN3O2. The number of nitrogens with zero attached hydrogens (tertiary/aromatic N) is 1. The first-order valence-electron chi connectivity index (χ1n) is 9.18. The Kier molecular flexibility index (Phi) is 10.9. The van der Waals surface area contributed by atoms with Crippen molar-refractivity contribution in [1.29, 1.82) is 0 Å². The van der Waals surface area contributed by atoms with Crippen LogP contribution < -0.4 is 15.4 Å². The Morgan fingerprint density at radius 3 is 2.73 bits per heavy atom. The van der Waals surface area contributed by atoms with Crippen molar-refractivity contribution >= 4 is 29.9 Å². The Labute approximate surface area is 172 Å². The molecule has 2 rings (SSSR count). The van der Waals surface area contributed by atoms with Crippen LogP contribution in [0, 0.1) is 11.7 Å². The molecule has 0 heterocycles. The van der Waals surface area contributed by atoms with Crippen LogP contribution in [0.4, 0.5) is 4.39 Å². The quantitative estimate of drug-likeness (QED) is 0.319. The van der Waals surface area contributed by atoms with Gasteiger partial charge >= 0.3 is 0 Å². The van der Waals surface area contributed by atoms with Crippen LogP contribution in [0.1, 0.15) is 39.5 Å². The fraction of sp³-hybridized carbons (Fsp3) is 0.632. The molecule has 0 aliphatic heterocycles. The Hall–Kier alpha value is -1.09. The summed E-state index contributed by atoms with van der Waals surface area (Å²) in [6, 6.07) is 6.19. The van der Waals surface area contributed by atoms with Crippen LogP contribution in [-0.2, 0) is 0 Å². The molecule has 148 valence electrons. The van der Waals surface area contributed by atoms with E-state index >= 15 is 0 Å². The zero-order chi connectivity index (χ0) is 18.1. The van der Waals surface area contributed by atoms with Gasteiger partial charge in [-0.1, -0.05) is 19.8 Å². The third-order valence-corrected chi connectivity index (χ3v) is 4.34. The fourth-order valence-corrected chi connectivity index (χ4v) is 3.05. The summed E-state index contributed by atoms with van der Waals surface area (Å²) in [5, 5.41) is 16.8.